The number of nitrogens with one attached hydrogen (secondary N) is 1. The SMILES string of the molecule is COc1ccc2c(c1)CNC2c1ccccc1C. The van der Waals surface area contributed by atoms with Crippen LogP contribution >= 0.6 is 0 Å². The van der Waals surface area contributed by atoms with E-state index in [-0.39, 0.29) is 0 Å². The van der Waals surface area contributed by atoms with Crippen molar-refractivity contribution >= 4 is 0 Å². The van der Waals surface area contributed by atoms with Gasteiger partial charge in [-0.25, -0.2) is 0 Å². The van der Waals surface area contributed by atoms with Crippen molar-refractivity contribution in [1.82, 2.24) is 5.32 Å². The molecule has 2 nitrogen and oxygen atoms in total. The molecule has 2 aromatic rings. The average molecular weight is 239 g/mol. The third kappa shape index (κ3) is 1.79. The average Bonchev–Trinajstić information content (AvgIpc) is 2.82. The monoisotopic (exact) mass is 239 g/mol. The number of rotatable bonds is 2. The number of benzene rings is 2. The lowest BCUT2D eigenvalue weighted by Crippen LogP contribution is -2.14. The smallest absolute Gasteiger partial charge is 0.119 e. The second-order valence-electron chi connectivity index (χ2n) is 4.74. The molecule has 0 aliphatic carbocycles. The Morgan fingerprint density at radius 1 is 1.11 bits per heavy atom. The van der Waals surface area contributed by atoms with Crippen molar-refractivity contribution in [3.63, 3.8) is 0 Å². The summed E-state index contributed by atoms with van der Waals surface area (Å²) in [6, 6.07) is 15.2. The Morgan fingerprint density at radius 3 is 2.72 bits per heavy atom. The number of ether oxygens (including phenoxy) is 1. The minimum Gasteiger partial charge on any atom is -0.497 e. The van der Waals surface area contributed by atoms with Crippen LogP contribution in [0.25, 0.3) is 0 Å². The summed E-state index contributed by atoms with van der Waals surface area (Å²) < 4.78 is 5.28. The maximum atomic E-state index is 5.28. The third-order valence-electron chi connectivity index (χ3n) is 3.66. The van der Waals surface area contributed by atoms with Crippen LogP contribution in [-0.4, -0.2) is 7.11 Å². The summed E-state index contributed by atoms with van der Waals surface area (Å²) in [5, 5.41) is 3.57. The second-order valence-corrected chi connectivity index (χ2v) is 4.74. The summed E-state index contributed by atoms with van der Waals surface area (Å²) >= 11 is 0. The lowest BCUT2D eigenvalue weighted by Gasteiger charge is -2.15. The van der Waals surface area contributed by atoms with E-state index in [2.05, 4.69) is 48.6 Å². The number of hydrogen-bond acceptors (Lipinski definition) is 2. The van der Waals surface area contributed by atoms with E-state index < -0.39 is 0 Å². The fourth-order valence-corrected chi connectivity index (χ4v) is 2.65. The highest BCUT2D eigenvalue weighted by molar-refractivity contribution is 5.46. The van der Waals surface area contributed by atoms with Crippen LogP contribution in [0.15, 0.2) is 42.5 Å². The minimum atomic E-state index is 0.312. The molecule has 0 saturated carbocycles. The van der Waals surface area contributed by atoms with E-state index in [1.165, 1.54) is 22.3 Å². The van der Waals surface area contributed by atoms with Crippen LogP contribution in [0.1, 0.15) is 28.3 Å². The van der Waals surface area contributed by atoms with E-state index >= 15 is 0 Å². The lowest BCUT2D eigenvalue weighted by molar-refractivity contribution is 0.414. The van der Waals surface area contributed by atoms with Gasteiger partial charge in [0.1, 0.15) is 5.75 Å². The first-order valence-corrected chi connectivity index (χ1v) is 6.25. The van der Waals surface area contributed by atoms with Crippen LogP contribution in [0.2, 0.25) is 0 Å². The fraction of sp³-hybridized carbons (Fsp3) is 0.250. The zero-order valence-corrected chi connectivity index (χ0v) is 10.7. The highest BCUT2D eigenvalue weighted by atomic mass is 16.5. The fourth-order valence-electron chi connectivity index (χ4n) is 2.65. The van der Waals surface area contributed by atoms with Crippen molar-refractivity contribution in [3.8, 4) is 5.75 Å². The van der Waals surface area contributed by atoms with E-state index in [0.29, 0.717) is 6.04 Å². The van der Waals surface area contributed by atoms with Gasteiger partial charge in [-0.2, -0.15) is 0 Å². The van der Waals surface area contributed by atoms with Gasteiger partial charge < -0.3 is 10.1 Å². The Hall–Kier alpha value is -1.80. The van der Waals surface area contributed by atoms with Gasteiger partial charge in [-0.1, -0.05) is 30.3 Å². The first-order valence-electron chi connectivity index (χ1n) is 6.25. The van der Waals surface area contributed by atoms with E-state index in [1.807, 2.05) is 6.07 Å². The molecular weight excluding hydrogens is 222 g/mol. The number of aryl methyl sites for hydroxylation is 1. The number of fused-ring (bicyclic) bond motifs is 1. The third-order valence-corrected chi connectivity index (χ3v) is 3.66. The summed E-state index contributed by atoms with van der Waals surface area (Å²) in [7, 11) is 1.71. The largest absolute Gasteiger partial charge is 0.497 e. The molecule has 1 atom stereocenters. The van der Waals surface area contributed by atoms with Gasteiger partial charge in [-0.05, 0) is 41.3 Å². The Labute approximate surface area is 108 Å². The van der Waals surface area contributed by atoms with Gasteiger partial charge in [-0.15, -0.1) is 0 Å². The van der Waals surface area contributed by atoms with E-state index in [1.54, 1.807) is 7.11 Å². The summed E-state index contributed by atoms with van der Waals surface area (Å²) in [6.45, 7) is 3.07. The molecule has 1 N–H and O–H groups in total. The first-order chi connectivity index (χ1) is 8.79. The molecule has 2 aromatic carbocycles. The summed E-state index contributed by atoms with van der Waals surface area (Å²) in [6.07, 6.45) is 0. The Morgan fingerprint density at radius 2 is 1.94 bits per heavy atom. The van der Waals surface area contributed by atoms with Crippen molar-refractivity contribution in [2.75, 3.05) is 7.11 Å². The first kappa shape index (κ1) is 11.3. The molecule has 0 aromatic heterocycles. The van der Waals surface area contributed by atoms with Crippen LogP contribution in [0.3, 0.4) is 0 Å². The van der Waals surface area contributed by atoms with Gasteiger partial charge in [-0.3, -0.25) is 0 Å². The van der Waals surface area contributed by atoms with Crippen molar-refractivity contribution in [3.05, 3.63) is 64.7 Å². The Balaban J connectivity index is 2.03. The number of methoxy groups -OCH3 is 1. The molecule has 0 spiro atoms. The molecular formula is C16H17NO. The molecule has 92 valence electrons. The second kappa shape index (κ2) is 4.46. The van der Waals surface area contributed by atoms with Crippen molar-refractivity contribution in [2.45, 2.75) is 19.5 Å². The van der Waals surface area contributed by atoms with E-state index in [4.69, 9.17) is 4.74 Å². The standard InChI is InChI=1S/C16H17NO/c1-11-5-3-4-6-14(11)16-15-8-7-13(18-2)9-12(15)10-17-16/h3-9,16-17H,10H2,1-2H3. The van der Waals surface area contributed by atoms with Crippen LogP contribution < -0.4 is 10.1 Å². The molecule has 0 amide bonds. The molecule has 1 aliphatic heterocycles. The van der Waals surface area contributed by atoms with Gasteiger partial charge in [0, 0.05) is 6.54 Å². The van der Waals surface area contributed by atoms with E-state index in [9.17, 15) is 0 Å². The summed E-state index contributed by atoms with van der Waals surface area (Å²) in [5.41, 5.74) is 5.40. The van der Waals surface area contributed by atoms with Gasteiger partial charge in [0.05, 0.1) is 13.2 Å². The molecule has 18 heavy (non-hydrogen) atoms. The molecule has 0 radical (unpaired) electrons. The van der Waals surface area contributed by atoms with Gasteiger partial charge in [0.15, 0.2) is 0 Å². The Kier molecular flexibility index (Phi) is 2.80. The van der Waals surface area contributed by atoms with E-state index in [0.717, 1.165) is 12.3 Å². The van der Waals surface area contributed by atoms with Crippen LogP contribution in [0.4, 0.5) is 0 Å². The normalized spacial score (nSPS) is 17.6. The number of hydrogen-bond donors (Lipinski definition) is 1. The van der Waals surface area contributed by atoms with Crippen molar-refractivity contribution in [2.24, 2.45) is 0 Å². The maximum Gasteiger partial charge on any atom is 0.119 e. The summed E-state index contributed by atoms with van der Waals surface area (Å²) in [5.74, 6) is 0.931. The maximum absolute atomic E-state index is 5.28. The Bertz CT molecular complexity index is 577. The van der Waals surface area contributed by atoms with Crippen LogP contribution in [0.5, 0.6) is 5.75 Å². The van der Waals surface area contributed by atoms with Gasteiger partial charge in [0.2, 0.25) is 0 Å². The lowest BCUT2D eigenvalue weighted by atomic mass is 9.95. The molecule has 1 heterocycles. The molecule has 0 saturated heterocycles. The zero-order chi connectivity index (χ0) is 12.5. The van der Waals surface area contributed by atoms with Crippen LogP contribution in [-0.2, 0) is 6.54 Å². The van der Waals surface area contributed by atoms with Gasteiger partial charge >= 0.3 is 0 Å². The van der Waals surface area contributed by atoms with Gasteiger partial charge in [0.25, 0.3) is 0 Å². The zero-order valence-electron chi connectivity index (χ0n) is 10.7. The molecule has 0 fully saturated rings. The quantitative estimate of drug-likeness (QED) is 0.869. The molecule has 1 aliphatic rings. The minimum absolute atomic E-state index is 0.312. The highest BCUT2D eigenvalue weighted by Gasteiger charge is 2.24. The summed E-state index contributed by atoms with van der Waals surface area (Å²) in [4.78, 5) is 0. The molecule has 0 bridgehead atoms. The predicted octanol–water partition coefficient (Wildman–Crippen LogP) is 3.20. The van der Waals surface area contributed by atoms with Crippen molar-refractivity contribution < 1.29 is 4.74 Å². The van der Waals surface area contributed by atoms with Crippen molar-refractivity contribution in [1.29, 1.82) is 0 Å². The van der Waals surface area contributed by atoms with Crippen LogP contribution in [0, 0.1) is 6.92 Å². The molecule has 1 unspecified atom stereocenters. The molecule has 2 heteroatoms. The molecule has 3 rings (SSSR count). The topological polar surface area (TPSA) is 21.3 Å². The predicted molar refractivity (Wildman–Crippen MR) is 72.9 cm³/mol. The highest BCUT2D eigenvalue weighted by Crippen LogP contribution is 2.34.